The number of hydrogen-bond donors (Lipinski definition) is 2. The molecule has 0 radical (unpaired) electrons. The summed E-state index contributed by atoms with van der Waals surface area (Å²) in [5.41, 5.74) is 4.40. The standard InChI is InChI=1S/C17H27NO/c1-3-14(4-2)17(19)12-18-11-13-8-9-15-6-5-7-16(15)10-13/h8-10,14,17-19H,3-7,11-12H2,1-2H3. The van der Waals surface area contributed by atoms with Gasteiger partial charge < -0.3 is 10.4 Å². The van der Waals surface area contributed by atoms with Crippen molar-refractivity contribution < 1.29 is 5.11 Å². The third kappa shape index (κ3) is 3.80. The highest BCUT2D eigenvalue weighted by molar-refractivity contribution is 5.35. The number of aliphatic hydroxyl groups is 1. The highest BCUT2D eigenvalue weighted by Crippen LogP contribution is 2.22. The van der Waals surface area contributed by atoms with E-state index in [1.54, 1.807) is 0 Å². The van der Waals surface area contributed by atoms with E-state index in [0.29, 0.717) is 12.5 Å². The molecule has 0 aromatic heterocycles. The van der Waals surface area contributed by atoms with Crippen LogP contribution in [0.1, 0.15) is 49.8 Å². The molecule has 2 heteroatoms. The second-order valence-corrected chi connectivity index (χ2v) is 5.73. The Morgan fingerprint density at radius 2 is 1.89 bits per heavy atom. The molecule has 19 heavy (non-hydrogen) atoms. The van der Waals surface area contributed by atoms with Crippen molar-refractivity contribution in [3.8, 4) is 0 Å². The van der Waals surface area contributed by atoms with Gasteiger partial charge in [0.25, 0.3) is 0 Å². The van der Waals surface area contributed by atoms with Crippen LogP contribution in [0.25, 0.3) is 0 Å². The van der Waals surface area contributed by atoms with Gasteiger partial charge in [-0.15, -0.1) is 0 Å². The summed E-state index contributed by atoms with van der Waals surface area (Å²) in [4.78, 5) is 0. The van der Waals surface area contributed by atoms with E-state index in [1.807, 2.05) is 0 Å². The summed E-state index contributed by atoms with van der Waals surface area (Å²) < 4.78 is 0. The molecule has 1 unspecified atom stereocenters. The number of aryl methyl sites for hydroxylation is 2. The molecule has 1 aromatic rings. The van der Waals surface area contributed by atoms with Gasteiger partial charge in [0.2, 0.25) is 0 Å². The molecule has 1 atom stereocenters. The molecule has 0 saturated heterocycles. The molecule has 2 rings (SSSR count). The first-order valence-corrected chi connectivity index (χ1v) is 7.74. The molecule has 1 aromatic carbocycles. The third-order valence-electron chi connectivity index (χ3n) is 4.44. The first-order chi connectivity index (χ1) is 9.24. The van der Waals surface area contributed by atoms with Gasteiger partial charge in [-0.1, -0.05) is 44.9 Å². The zero-order chi connectivity index (χ0) is 13.7. The lowest BCUT2D eigenvalue weighted by atomic mass is 9.96. The van der Waals surface area contributed by atoms with Crippen LogP contribution in [-0.4, -0.2) is 17.8 Å². The summed E-state index contributed by atoms with van der Waals surface area (Å²) in [6, 6.07) is 6.83. The van der Waals surface area contributed by atoms with E-state index in [0.717, 1.165) is 19.4 Å². The van der Waals surface area contributed by atoms with Crippen molar-refractivity contribution in [3.63, 3.8) is 0 Å². The number of benzene rings is 1. The molecular weight excluding hydrogens is 234 g/mol. The summed E-state index contributed by atoms with van der Waals surface area (Å²) in [5, 5.41) is 13.5. The topological polar surface area (TPSA) is 32.3 Å². The number of nitrogens with one attached hydrogen (secondary N) is 1. The van der Waals surface area contributed by atoms with Crippen molar-refractivity contribution in [1.82, 2.24) is 5.32 Å². The fourth-order valence-electron chi connectivity index (χ4n) is 3.10. The molecule has 0 bridgehead atoms. The van der Waals surface area contributed by atoms with Crippen molar-refractivity contribution in [2.75, 3.05) is 6.54 Å². The Balaban J connectivity index is 1.79. The van der Waals surface area contributed by atoms with Crippen molar-refractivity contribution in [3.05, 3.63) is 34.9 Å². The van der Waals surface area contributed by atoms with Gasteiger partial charge in [0.05, 0.1) is 6.10 Å². The van der Waals surface area contributed by atoms with Crippen molar-refractivity contribution in [2.45, 2.75) is 58.6 Å². The molecule has 1 aliphatic carbocycles. The van der Waals surface area contributed by atoms with Gasteiger partial charge in [-0.05, 0) is 41.9 Å². The van der Waals surface area contributed by atoms with Gasteiger partial charge >= 0.3 is 0 Å². The Bertz CT molecular complexity index is 398. The molecule has 0 heterocycles. The average Bonchev–Trinajstić information content (AvgIpc) is 2.87. The van der Waals surface area contributed by atoms with Gasteiger partial charge in [-0.25, -0.2) is 0 Å². The van der Waals surface area contributed by atoms with Gasteiger partial charge in [-0.3, -0.25) is 0 Å². The zero-order valence-electron chi connectivity index (χ0n) is 12.3. The number of fused-ring (bicyclic) bond motifs is 1. The van der Waals surface area contributed by atoms with E-state index < -0.39 is 0 Å². The lowest BCUT2D eigenvalue weighted by Gasteiger charge is -2.20. The molecule has 0 amide bonds. The zero-order valence-corrected chi connectivity index (χ0v) is 12.3. The predicted octanol–water partition coefficient (Wildman–Crippen LogP) is 3.06. The van der Waals surface area contributed by atoms with Gasteiger partial charge in [-0.2, -0.15) is 0 Å². The second kappa shape index (κ2) is 7.06. The van der Waals surface area contributed by atoms with Crippen LogP contribution in [0.3, 0.4) is 0 Å². The van der Waals surface area contributed by atoms with E-state index in [1.165, 1.54) is 36.0 Å². The molecule has 0 fully saturated rings. The Labute approximate surface area is 117 Å². The Morgan fingerprint density at radius 1 is 1.16 bits per heavy atom. The van der Waals surface area contributed by atoms with Crippen LogP contribution < -0.4 is 5.32 Å². The quantitative estimate of drug-likeness (QED) is 0.790. The molecular formula is C17H27NO. The van der Waals surface area contributed by atoms with Crippen LogP contribution in [0.15, 0.2) is 18.2 Å². The minimum atomic E-state index is -0.218. The molecule has 2 N–H and O–H groups in total. The average molecular weight is 261 g/mol. The third-order valence-corrected chi connectivity index (χ3v) is 4.44. The SMILES string of the molecule is CCC(CC)C(O)CNCc1ccc2c(c1)CCC2. The molecule has 1 aliphatic rings. The maximum Gasteiger partial charge on any atom is 0.0692 e. The fourth-order valence-corrected chi connectivity index (χ4v) is 3.10. The Morgan fingerprint density at radius 3 is 2.63 bits per heavy atom. The molecule has 0 saturated carbocycles. The van der Waals surface area contributed by atoms with E-state index in [-0.39, 0.29) is 6.10 Å². The predicted molar refractivity (Wildman–Crippen MR) is 80.3 cm³/mol. The van der Waals surface area contributed by atoms with E-state index in [2.05, 4.69) is 37.4 Å². The first-order valence-electron chi connectivity index (χ1n) is 7.74. The highest BCUT2D eigenvalue weighted by Gasteiger charge is 2.15. The van der Waals surface area contributed by atoms with Gasteiger partial charge in [0.15, 0.2) is 0 Å². The summed E-state index contributed by atoms with van der Waals surface area (Å²) in [7, 11) is 0. The van der Waals surface area contributed by atoms with E-state index in [4.69, 9.17) is 0 Å². The van der Waals surface area contributed by atoms with Crippen LogP contribution in [-0.2, 0) is 19.4 Å². The molecule has 2 nitrogen and oxygen atoms in total. The van der Waals surface area contributed by atoms with Crippen molar-refractivity contribution >= 4 is 0 Å². The minimum absolute atomic E-state index is 0.218. The largest absolute Gasteiger partial charge is 0.392 e. The van der Waals surface area contributed by atoms with Crippen molar-refractivity contribution in [1.29, 1.82) is 0 Å². The molecule has 0 spiro atoms. The number of aliphatic hydroxyl groups excluding tert-OH is 1. The maximum absolute atomic E-state index is 10.1. The molecule has 106 valence electrons. The monoisotopic (exact) mass is 261 g/mol. The van der Waals surface area contributed by atoms with Crippen LogP contribution in [0.5, 0.6) is 0 Å². The van der Waals surface area contributed by atoms with Gasteiger partial charge in [0.1, 0.15) is 0 Å². The molecule has 0 aliphatic heterocycles. The summed E-state index contributed by atoms with van der Waals surface area (Å²) in [6.07, 6.45) is 5.68. The Kier molecular flexibility index (Phi) is 5.41. The fraction of sp³-hybridized carbons (Fsp3) is 0.647. The van der Waals surface area contributed by atoms with E-state index in [9.17, 15) is 5.11 Å². The summed E-state index contributed by atoms with van der Waals surface area (Å²) >= 11 is 0. The summed E-state index contributed by atoms with van der Waals surface area (Å²) in [6.45, 7) is 5.86. The first kappa shape index (κ1) is 14.5. The Hall–Kier alpha value is -0.860. The van der Waals surface area contributed by atoms with Crippen molar-refractivity contribution in [2.24, 2.45) is 5.92 Å². The smallest absolute Gasteiger partial charge is 0.0692 e. The van der Waals surface area contributed by atoms with E-state index >= 15 is 0 Å². The van der Waals surface area contributed by atoms with Gasteiger partial charge in [0, 0.05) is 13.1 Å². The lowest BCUT2D eigenvalue weighted by molar-refractivity contribution is 0.101. The second-order valence-electron chi connectivity index (χ2n) is 5.73. The summed E-state index contributed by atoms with van der Waals surface area (Å²) in [5.74, 6) is 0.424. The van der Waals surface area contributed by atoms with Crippen LogP contribution in [0.4, 0.5) is 0 Å². The number of rotatable bonds is 7. The maximum atomic E-state index is 10.1. The van der Waals surface area contributed by atoms with Crippen LogP contribution >= 0.6 is 0 Å². The minimum Gasteiger partial charge on any atom is -0.392 e. The number of hydrogen-bond acceptors (Lipinski definition) is 2. The van der Waals surface area contributed by atoms with Crippen LogP contribution in [0.2, 0.25) is 0 Å². The highest BCUT2D eigenvalue weighted by atomic mass is 16.3. The van der Waals surface area contributed by atoms with Crippen LogP contribution in [0, 0.1) is 5.92 Å². The normalized spacial score (nSPS) is 15.8. The lowest BCUT2D eigenvalue weighted by Crippen LogP contribution is -2.32.